The highest BCUT2D eigenvalue weighted by molar-refractivity contribution is 6.39. The summed E-state index contributed by atoms with van der Waals surface area (Å²) < 4.78 is 10.4. The van der Waals surface area contributed by atoms with Crippen molar-refractivity contribution in [3.05, 3.63) is 18.2 Å². The second-order valence-electron chi connectivity index (χ2n) is 7.99. The van der Waals surface area contributed by atoms with E-state index in [0.29, 0.717) is 17.2 Å². The SMILES string of the molecule is COc1ccc(NC(=O)C(=O)NC2CC(C)(C)NC(C)(C)C2)c(OC)c1. The first kappa shape index (κ1) is 20.0. The van der Waals surface area contributed by atoms with Gasteiger partial charge in [-0.25, -0.2) is 0 Å². The number of carbonyl (C=O) groups excluding carboxylic acids is 2. The normalized spacial score (nSPS) is 18.7. The molecule has 1 saturated heterocycles. The predicted molar refractivity (Wildman–Crippen MR) is 101 cm³/mol. The number of ether oxygens (including phenoxy) is 2. The summed E-state index contributed by atoms with van der Waals surface area (Å²) in [4.78, 5) is 24.7. The summed E-state index contributed by atoms with van der Waals surface area (Å²) in [6.45, 7) is 8.37. The zero-order valence-corrected chi connectivity index (χ0v) is 16.4. The van der Waals surface area contributed by atoms with Crippen molar-refractivity contribution in [3.63, 3.8) is 0 Å². The summed E-state index contributed by atoms with van der Waals surface area (Å²) in [7, 11) is 3.03. The molecular weight excluding hydrogens is 334 g/mol. The van der Waals surface area contributed by atoms with Gasteiger partial charge in [0, 0.05) is 23.2 Å². The van der Waals surface area contributed by atoms with E-state index in [1.165, 1.54) is 7.11 Å². The maximum absolute atomic E-state index is 12.4. The monoisotopic (exact) mass is 363 g/mol. The lowest BCUT2D eigenvalue weighted by Gasteiger charge is -2.46. The lowest BCUT2D eigenvalue weighted by molar-refractivity contribution is -0.137. The van der Waals surface area contributed by atoms with Gasteiger partial charge in [0.05, 0.1) is 19.9 Å². The van der Waals surface area contributed by atoms with Crippen LogP contribution in [0.25, 0.3) is 0 Å². The maximum atomic E-state index is 12.4. The number of hydrogen-bond donors (Lipinski definition) is 3. The highest BCUT2D eigenvalue weighted by atomic mass is 16.5. The standard InChI is InChI=1S/C19H29N3O4/c1-18(2)10-12(11-19(3,4)22-18)20-16(23)17(24)21-14-8-7-13(25-5)9-15(14)26-6/h7-9,12,22H,10-11H2,1-6H3,(H,20,23)(H,21,24). The zero-order chi connectivity index (χ0) is 19.5. The molecule has 0 bridgehead atoms. The van der Waals surface area contributed by atoms with Crippen LogP contribution in [-0.4, -0.2) is 43.2 Å². The van der Waals surface area contributed by atoms with Crippen LogP contribution in [0.3, 0.4) is 0 Å². The Kier molecular flexibility index (Phi) is 5.81. The Morgan fingerprint density at radius 3 is 2.19 bits per heavy atom. The molecule has 3 N–H and O–H groups in total. The second kappa shape index (κ2) is 7.53. The molecule has 2 rings (SSSR count). The zero-order valence-electron chi connectivity index (χ0n) is 16.4. The molecular formula is C19H29N3O4. The molecule has 1 aromatic rings. The molecule has 1 fully saturated rings. The number of rotatable bonds is 4. The highest BCUT2D eigenvalue weighted by Gasteiger charge is 2.38. The van der Waals surface area contributed by atoms with E-state index in [9.17, 15) is 9.59 Å². The number of carbonyl (C=O) groups is 2. The number of benzene rings is 1. The van der Waals surface area contributed by atoms with E-state index in [1.54, 1.807) is 25.3 Å². The summed E-state index contributed by atoms with van der Waals surface area (Å²) >= 11 is 0. The lowest BCUT2D eigenvalue weighted by atomic mass is 9.79. The van der Waals surface area contributed by atoms with Crippen LogP contribution in [0.2, 0.25) is 0 Å². The summed E-state index contributed by atoms with van der Waals surface area (Å²) in [6, 6.07) is 4.90. The Morgan fingerprint density at radius 2 is 1.65 bits per heavy atom. The van der Waals surface area contributed by atoms with Crippen LogP contribution in [0.5, 0.6) is 11.5 Å². The Bertz CT molecular complexity index is 669. The summed E-state index contributed by atoms with van der Waals surface area (Å²) in [6.07, 6.45) is 1.50. The van der Waals surface area contributed by atoms with E-state index in [1.807, 2.05) is 0 Å². The highest BCUT2D eigenvalue weighted by Crippen LogP contribution is 2.30. The van der Waals surface area contributed by atoms with Crippen molar-refractivity contribution in [3.8, 4) is 11.5 Å². The van der Waals surface area contributed by atoms with Gasteiger partial charge in [0.1, 0.15) is 11.5 Å². The Labute approximate surface area is 154 Å². The van der Waals surface area contributed by atoms with Crippen molar-refractivity contribution in [2.45, 2.75) is 57.7 Å². The maximum Gasteiger partial charge on any atom is 0.313 e. The molecule has 0 aromatic heterocycles. The van der Waals surface area contributed by atoms with Gasteiger partial charge >= 0.3 is 11.8 Å². The Morgan fingerprint density at radius 1 is 1.04 bits per heavy atom. The first-order valence-corrected chi connectivity index (χ1v) is 8.68. The summed E-state index contributed by atoms with van der Waals surface area (Å²) in [5.41, 5.74) is 0.185. The van der Waals surface area contributed by atoms with Gasteiger partial charge in [0.15, 0.2) is 0 Å². The number of hydrogen-bond acceptors (Lipinski definition) is 5. The smallest absolute Gasteiger partial charge is 0.313 e. The van der Waals surface area contributed by atoms with Gasteiger partial charge in [-0.1, -0.05) is 0 Å². The minimum atomic E-state index is -0.720. The molecule has 7 nitrogen and oxygen atoms in total. The van der Waals surface area contributed by atoms with Crippen LogP contribution in [0.4, 0.5) is 5.69 Å². The molecule has 0 spiro atoms. The third kappa shape index (κ3) is 5.11. The van der Waals surface area contributed by atoms with Gasteiger partial charge in [-0.2, -0.15) is 0 Å². The third-order valence-electron chi connectivity index (χ3n) is 4.39. The van der Waals surface area contributed by atoms with E-state index in [0.717, 1.165) is 12.8 Å². The fourth-order valence-electron chi connectivity index (χ4n) is 3.76. The lowest BCUT2D eigenvalue weighted by Crippen LogP contribution is -2.62. The number of amides is 2. The number of anilines is 1. The van der Waals surface area contributed by atoms with Gasteiger partial charge in [-0.05, 0) is 52.7 Å². The van der Waals surface area contributed by atoms with Crippen molar-refractivity contribution in [2.75, 3.05) is 19.5 Å². The molecule has 0 radical (unpaired) electrons. The predicted octanol–water partition coefficient (Wildman–Crippen LogP) is 2.07. The second-order valence-corrected chi connectivity index (χ2v) is 7.99. The van der Waals surface area contributed by atoms with E-state index in [2.05, 4.69) is 43.6 Å². The fourth-order valence-corrected chi connectivity index (χ4v) is 3.76. The Hall–Kier alpha value is -2.28. The molecule has 26 heavy (non-hydrogen) atoms. The largest absolute Gasteiger partial charge is 0.497 e. The number of methoxy groups -OCH3 is 2. The summed E-state index contributed by atoms with van der Waals surface area (Å²) in [5, 5.41) is 9.00. The molecule has 2 amide bonds. The van der Waals surface area contributed by atoms with Crippen molar-refractivity contribution in [1.29, 1.82) is 0 Å². The van der Waals surface area contributed by atoms with E-state index >= 15 is 0 Å². The minimum Gasteiger partial charge on any atom is -0.497 e. The molecule has 0 saturated carbocycles. The fraction of sp³-hybridized carbons (Fsp3) is 0.579. The molecule has 0 unspecified atom stereocenters. The van der Waals surface area contributed by atoms with Crippen LogP contribution in [-0.2, 0) is 9.59 Å². The topological polar surface area (TPSA) is 88.7 Å². The first-order valence-electron chi connectivity index (χ1n) is 8.68. The van der Waals surface area contributed by atoms with Gasteiger partial charge in [0.25, 0.3) is 0 Å². The third-order valence-corrected chi connectivity index (χ3v) is 4.39. The van der Waals surface area contributed by atoms with Crippen molar-refractivity contribution >= 4 is 17.5 Å². The van der Waals surface area contributed by atoms with E-state index in [-0.39, 0.29) is 17.1 Å². The summed E-state index contributed by atoms with van der Waals surface area (Å²) in [5.74, 6) is -0.345. The van der Waals surface area contributed by atoms with Crippen molar-refractivity contribution in [2.24, 2.45) is 0 Å². The molecule has 1 aromatic carbocycles. The van der Waals surface area contributed by atoms with Crippen LogP contribution in [0.1, 0.15) is 40.5 Å². The molecule has 1 aliphatic rings. The average Bonchev–Trinajstić information content (AvgIpc) is 2.51. The van der Waals surface area contributed by atoms with Gasteiger partial charge < -0.3 is 25.4 Å². The van der Waals surface area contributed by atoms with Crippen LogP contribution in [0, 0.1) is 0 Å². The quantitative estimate of drug-likeness (QED) is 0.713. The molecule has 1 heterocycles. The Balaban J connectivity index is 2.03. The molecule has 7 heteroatoms. The van der Waals surface area contributed by atoms with Gasteiger partial charge in [-0.3, -0.25) is 9.59 Å². The minimum absolute atomic E-state index is 0.0720. The van der Waals surface area contributed by atoms with E-state index < -0.39 is 11.8 Å². The molecule has 0 atom stereocenters. The molecule has 0 aliphatic carbocycles. The first-order chi connectivity index (χ1) is 12.0. The number of piperidine rings is 1. The van der Waals surface area contributed by atoms with E-state index in [4.69, 9.17) is 9.47 Å². The van der Waals surface area contributed by atoms with Crippen LogP contribution < -0.4 is 25.4 Å². The van der Waals surface area contributed by atoms with Crippen LogP contribution >= 0.6 is 0 Å². The average molecular weight is 363 g/mol. The van der Waals surface area contributed by atoms with Crippen molar-refractivity contribution < 1.29 is 19.1 Å². The van der Waals surface area contributed by atoms with Crippen molar-refractivity contribution in [1.82, 2.24) is 10.6 Å². The molecule has 144 valence electrons. The van der Waals surface area contributed by atoms with Gasteiger partial charge in [0.2, 0.25) is 0 Å². The van der Waals surface area contributed by atoms with Gasteiger partial charge in [-0.15, -0.1) is 0 Å². The number of nitrogens with one attached hydrogen (secondary N) is 3. The van der Waals surface area contributed by atoms with Crippen LogP contribution in [0.15, 0.2) is 18.2 Å². The molecule has 1 aliphatic heterocycles.